The van der Waals surface area contributed by atoms with E-state index in [2.05, 4.69) is 4.72 Å². The Kier molecular flexibility index (Phi) is 4.24. The first kappa shape index (κ1) is 14.1. The third-order valence-electron chi connectivity index (χ3n) is 3.63. The number of amides is 1. The summed E-state index contributed by atoms with van der Waals surface area (Å²) in [6.45, 7) is 1.71. The quantitative estimate of drug-likeness (QED) is 0.898. The fourth-order valence-electron chi connectivity index (χ4n) is 2.15. The topological polar surface area (TPSA) is 63.2 Å². The van der Waals surface area contributed by atoms with Crippen LogP contribution < -0.4 is 4.72 Å². The number of rotatable bonds is 5. The predicted molar refractivity (Wildman–Crippen MR) is 74.1 cm³/mol. The van der Waals surface area contributed by atoms with E-state index in [1.807, 2.05) is 30.3 Å². The molecule has 1 aliphatic carbocycles. The Morgan fingerprint density at radius 2 is 1.95 bits per heavy atom. The van der Waals surface area contributed by atoms with Gasteiger partial charge in [0.15, 0.2) is 0 Å². The number of benzene rings is 1. The molecule has 19 heavy (non-hydrogen) atoms. The van der Waals surface area contributed by atoms with Crippen molar-refractivity contribution in [2.75, 3.05) is 5.75 Å². The summed E-state index contributed by atoms with van der Waals surface area (Å²) < 4.78 is 25.9. The molecule has 0 radical (unpaired) electrons. The molecule has 1 aromatic carbocycles. The average Bonchev–Trinajstić information content (AvgIpc) is 2.34. The van der Waals surface area contributed by atoms with Crippen LogP contribution in [-0.2, 0) is 14.8 Å². The van der Waals surface area contributed by atoms with Crippen LogP contribution in [0.2, 0.25) is 0 Å². The third kappa shape index (κ3) is 3.80. The molecule has 0 aliphatic heterocycles. The number of hydrogen-bond acceptors (Lipinski definition) is 3. The van der Waals surface area contributed by atoms with Crippen LogP contribution in [0.25, 0.3) is 0 Å². The van der Waals surface area contributed by atoms with Crippen molar-refractivity contribution in [1.82, 2.24) is 4.72 Å². The summed E-state index contributed by atoms with van der Waals surface area (Å²) in [5.41, 5.74) is 0.818. The Morgan fingerprint density at radius 1 is 1.32 bits per heavy atom. The van der Waals surface area contributed by atoms with Crippen molar-refractivity contribution >= 4 is 15.9 Å². The number of nitrogens with one attached hydrogen (secondary N) is 1. The second-order valence-corrected chi connectivity index (χ2v) is 6.94. The Hall–Kier alpha value is -1.36. The minimum atomic E-state index is -3.49. The summed E-state index contributed by atoms with van der Waals surface area (Å²) in [5.74, 6) is -0.625. The van der Waals surface area contributed by atoms with Gasteiger partial charge in [0, 0.05) is 0 Å². The van der Waals surface area contributed by atoms with Crippen molar-refractivity contribution in [3.63, 3.8) is 0 Å². The Labute approximate surface area is 114 Å². The molecule has 4 nitrogen and oxygen atoms in total. The molecule has 1 N–H and O–H groups in total. The molecule has 1 fully saturated rings. The lowest BCUT2D eigenvalue weighted by molar-refractivity contribution is -0.120. The van der Waals surface area contributed by atoms with Gasteiger partial charge in [-0.25, -0.2) is 8.42 Å². The van der Waals surface area contributed by atoms with E-state index in [0.29, 0.717) is 0 Å². The van der Waals surface area contributed by atoms with Crippen LogP contribution in [0.5, 0.6) is 0 Å². The third-order valence-corrected chi connectivity index (χ3v) is 5.05. The van der Waals surface area contributed by atoms with Gasteiger partial charge in [-0.15, -0.1) is 0 Å². The second-order valence-electron chi connectivity index (χ2n) is 5.18. The van der Waals surface area contributed by atoms with Gasteiger partial charge >= 0.3 is 0 Å². The number of carbonyl (C=O) groups excluding carboxylic acids is 1. The van der Waals surface area contributed by atoms with Crippen LogP contribution in [0.4, 0.5) is 0 Å². The molecule has 1 aliphatic rings. The van der Waals surface area contributed by atoms with Crippen LogP contribution in [0.3, 0.4) is 0 Å². The average molecular weight is 281 g/mol. The summed E-state index contributed by atoms with van der Waals surface area (Å²) in [7, 11) is -3.49. The van der Waals surface area contributed by atoms with Crippen molar-refractivity contribution in [3.05, 3.63) is 35.9 Å². The van der Waals surface area contributed by atoms with E-state index >= 15 is 0 Å². The maximum absolute atomic E-state index is 12.0. The lowest BCUT2D eigenvalue weighted by Crippen LogP contribution is -2.38. The van der Waals surface area contributed by atoms with E-state index in [1.165, 1.54) is 0 Å². The highest BCUT2D eigenvalue weighted by molar-refractivity contribution is 7.90. The van der Waals surface area contributed by atoms with Crippen molar-refractivity contribution in [2.24, 2.45) is 5.92 Å². The van der Waals surface area contributed by atoms with Gasteiger partial charge in [0.05, 0.1) is 11.7 Å². The van der Waals surface area contributed by atoms with Gasteiger partial charge in [0.25, 0.3) is 0 Å². The van der Waals surface area contributed by atoms with Gasteiger partial charge in [-0.05, 0) is 31.2 Å². The van der Waals surface area contributed by atoms with Crippen LogP contribution >= 0.6 is 0 Å². The van der Waals surface area contributed by atoms with E-state index in [-0.39, 0.29) is 11.7 Å². The molecule has 1 saturated carbocycles. The maximum atomic E-state index is 12.0. The van der Waals surface area contributed by atoms with Crippen LogP contribution in [0, 0.1) is 5.92 Å². The first-order valence-electron chi connectivity index (χ1n) is 6.57. The standard InChI is InChI=1S/C14H19NO3S/c1-11(13-8-3-2-4-9-13)14(16)15-19(17,18)10-12-6-5-7-12/h2-4,8-9,11-12H,5-7,10H2,1H3,(H,15,16)/t11-/m1/s1. The van der Waals surface area contributed by atoms with Gasteiger partial charge in [-0.2, -0.15) is 0 Å². The van der Waals surface area contributed by atoms with Gasteiger partial charge < -0.3 is 0 Å². The molecule has 0 aromatic heterocycles. The van der Waals surface area contributed by atoms with Gasteiger partial charge in [-0.1, -0.05) is 36.8 Å². The molecule has 0 bridgehead atoms. The SMILES string of the molecule is C[C@@H](C(=O)NS(=O)(=O)CC1CCC1)c1ccccc1. The molecule has 0 heterocycles. The van der Waals surface area contributed by atoms with Crippen molar-refractivity contribution in [3.8, 4) is 0 Å². The Morgan fingerprint density at radius 3 is 2.47 bits per heavy atom. The first-order chi connectivity index (χ1) is 8.98. The van der Waals surface area contributed by atoms with Gasteiger partial charge in [-0.3, -0.25) is 9.52 Å². The predicted octanol–water partition coefficient (Wildman–Crippen LogP) is 2.04. The summed E-state index contributed by atoms with van der Waals surface area (Å²) in [6, 6.07) is 9.18. The minimum Gasteiger partial charge on any atom is -0.273 e. The van der Waals surface area contributed by atoms with E-state index in [1.54, 1.807) is 6.92 Å². The summed E-state index contributed by atoms with van der Waals surface area (Å²) >= 11 is 0. The summed E-state index contributed by atoms with van der Waals surface area (Å²) in [6.07, 6.45) is 2.99. The summed E-state index contributed by atoms with van der Waals surface area (Å²) in [5, 5.41) is 0. The highest BCUT2D eigenvalue weighted by Gasteiger charge is 2.27. The zero-order valence-electron chi connectivity index (χ0n) is 11.0. The molecular formula is C14H19NO3S. The van der Waals surface area contributed by atoms with Crippen LogP contribution in [0.15, 0.2) is 30.3 Å². The fraction of sp³-hybridized carbons (Fsp3) is 0.500. The highest BCUT2D eigenvalue weighted by Crippen LogP contribution is 2.27. The molecule has 1 aromatic rings. The van der Waals surface area contributed by atoms with Crippen LogP contribution in [-0.4, -0.2) is 20.1 Å². The smallest absolute Gasteiger partial charge is 0.240 e. The van der Waals surface area contributed by atoms with Crippen molar-refractivity contribution in [1.29, 1.82) is 0 Å². The zero-order valence-corrected chi connectivity index (χ0v) is 11.8. The zero-order chi connectivity index (χ0) is 13.9. The lowest BCUT2D eigenvalue weighted by atomic mass is 9.87. The van der Waals surface area contributed by atoms with E-state index in [9.17, 15) is 13.2 Å². The number of hydrogen-bond donors (Lipinski definition) is 1. The second kappa shape index (κ2) is 5.74. The summed E-state index contributed by atoms with van der Waals surface area (Å²) in [4.78, 5) is 12.0. The molecule has 0 unspecified atom stereocenters. The largest absolute Gasteiger partial charge is 0.273 e. The van der Waals surface area contributed by atoms with Crippen LogP contribution in [0.1, 0.15) is 37.7 Å². The monoisotopic (exact) mass is 281 g/mol. The van der Waals surface area contributed by atoms with Gasteiger partial charge in [0.2, 0.25) is 15.9 Å². The van der Waals surface area contributed by atoms with E-state index < -0.39 is 21.8 Å². The molecular weight excluding hydrogens is 262 g/mol. The van der Waals surface area contributed by atoms with E-state index in [4.69, 9.17) is 0 Å². The first-order valence-corrected chi connectivity index (χ1v) is 8.22. The molecule has 2 rings (SSSR count). The lowest BCUT2D eigenvalue weighted by Gasteiger charge is -2.25. The van der Waals surface area contributed by atoms with Crippen molar-refractivity contribution in [2.45, 2.75) is 32.1 Å². The number of sulfonamides is 1. The normalized spacial score (nSPS) is 17.5. The highest BCUT2D eigenvalue weighted by atomic mass is 32.2. The minimum absolute atomic E-state index is 0.0697. The number of carbonyl (C=O) groups is 1. The Balaban J connectivity index is 1.96. The molecule has 5 heteroatoms. The fourth-order valence-corrected chi connectivity index (χ4v) is 3.67. The Bertz CT molecular complexity index is 535. The van der Waals surface area contributed by atoms with E-state index in [0.717, 1.165) is 24.8 Å². The van der Waals surface area contributed by atoms with Crippen molar-refractivity contribution < 1.29 is 13.2 Å². The molecule has 0 saturated heterocycles. The molecule has 104 valence electrons. The maximum Gasteiger partial charge on any atom is 0.240 e. The van der Waals surface area contributed by atoms with Gasteiger partial charge in [0.1, 0.15) is 0 Å². The molecule has 1 atom stereocenters. The molecule has 1 amide bonds. The molecule has 0 spiro atoms.